The zero-order valence-electron chi connectivity index (χ0n) is 15.9. The van der Waals surface area contributed by atoms with E-state index in [1.807, 2.05) is 0 Å². The monoisotopic (exact) mass is 387 g/mol. The first-order valence-corrected chi connectivity index (χ1v) is 10.6. The maximum Gasteiger partial charge on any atom is 0.166 e. The van der Waals surface area contributed by atoms with Gasteiger partial charge in [-0.05, 0) is 71.8 Å². The predicted octanol–water partition coefficient (Wildman–Crippen LogP) is 4.35. The molecule has 0 aliphatic heterocycles. The number of benzene rings is 2. The maximum absolute atomic E-state index is 5.53. The molecular weight excluding hydrogens is 362 g/mol. The van der Waals surface area contributed by atoms with Crippen LogP contribution < -0.4 is 16.0 Å². The molecule has 0 saturated heterocycles. The van der Waals surface area contributed by atoms with Crippen LogP contribution in [0.2, 0.25) is 0 Å². The van der Waals surface area contributed by atoms with Crippen molar-refractivity contribution in [2.45, 2.75) is 44.3 Å². The van der Waals surface area contributed by atoms with Crippen LogP contribution in [0.3, 0.4) is 0 Å². The molecule has 3 aliphatic rings. The second kappa shape index (κ2) is 7.44. The Bertz CT molecular complexity index is 957. The molecule has 0 aromatic heterocycles. The van der Waals surface area contributed by atoms with Crippen molar-refractivity contribution in [1.82, 2.24) is 10.6 Å². The lowest BCUT2D eigenvalue weighted by Crippen LogP contribution is -2.44. The summed E-state index contributed by atoms with van der Waals surface area (Å²) in [6.07, 6.45) is 11.3. The Balaban J connectivity index is 1.40. The second-order valence-electron chi connectivity index (χ2n) is 7.90. The number of allylic oxidation sites excluding steroid dienone is 3. The third-order valence-electron chi connectivity index (χ3n) is 5.68. The number of anilines is 1. The molecule has 142 valence electrons. The molecule has 1 fully saturated rings. The highest BCUT2D eigenvalue weighted by molar-refractivity contribution is 7.80. The van der Waals surface area contributed by atoms with Crippen molar-refractivity contribution in [1.29, 1.82) is 0 Å². The van der Waals surface area contributed by atoms with Crippen LogP contribution in [0.1, 0.15) is 35.1 Å². The van der Waals surface area contributed by atoms with E-state index < -0.39 is 0 Å². The molecule has 0 bridgehead atoms. The van der Waals surface area contributed by atoms with Gasteiger partial charge in [0.2, 0.25) is 0 Å². The average molecular weight is 388 g/mol. The fraction of sp³-hybridized carbons (Fsp3) is 0.292. The third kappa shape index (κ3) is 3.69. The summed E-state index contributed by atoms with van der Waals surface area (Å²) >= 11 is 5.53. The molecule has 5 rings (SSSR count). The molecule has 28 heavy (non-hydrogen) atoms. The van der Waals surface area contributed by atoms with Crippen LogP contribution in [0.5, 0.6) is 0 Å². The summed E-state index contributed by atoms with van der Waals surface area (Å²) in [6, 6.07) is 15.9. The van der Waals surface area contributed by atoms with Gasteiger partial charge in [-0.1, -0.05) is 54.6 Å². The van der Waals surface area contributed by atoms with Gasteiger partial charge >= 0.3 is 0 Å². The lowest BCUT2D eigenvalue weighted by atomic mass is 9.80. The molecule has 4 heteroatoms. The van der Waals surface area contributed by atoms with Crippen LogP contribution >= 0.6 is 12.2 Å². The van der Waals surface area contributed by atoms with Gasteiger partial charge in [-0.3, -0.25) is 0 Å². The summed E-state index contributed by atoms with van der Waals surface area (Å²) in [6.45, 7) is 0.835. The molecular formula is C24H25N3S. The summed E-state index contributed by atoms with van der Waals surface area (Å²) in [5.41, 5.74) is 8.09. The van der Waals surface area contributed by atoms with E-state index >= 15 is 0 Å². The Hall–Kier alpha value is -2.59. The van der Waals surface area contributed by atoms with Crippen LogP contribution in [0, 0.1) is 0 Å². The standard InChI is InChI=1S/C24H25N3S/c28-24(26-19-10-11-19)27-20-13-18-8-4-7-17-9-12-22(21(14-20)23(17)18)25-15-16-5-2-1-3-6-16/h1-6,8-9,12-13,19-20,25H,7,10-11,14-15H2,(H2,26,27,28). The summed E-state index contributed by atoms with van der Waals surface area (Å²) in [7, 11) is 0. The predicted molar refractivity (Wildman–Crippen MR) is 120 cm³/mol. The molecule has 0 radical (unpaired) electrons. The minimum absolute atomic E-state index is 0.219. The first-order valence-electron chi connectivity index (χ1n) is 10.1. The fourth-order valence-corrected chi connectivity index (χ4v) is 4.46. The first kappa shape index (κ1) is 17.5. The first-order chi connectivity index (χ1) is 13.8. The van der Waals surface area contributed by atoms with E-state index in [4.69, 9.17) is 12.2 Å². The number of hydrogen-bond acceptors (Lipinski definition) is 2. The number of thiocarbonyl (C=S) groups is 1. The SMILES string of the molecule is S=C(NC1C=C2C=CCc3ccc(NCc4ccccc4)c(c32)C1)NC1CC1. The van der Waals surface area contributed by atoms with Crippen LogP contribution in [-0.2, 0) is 19.4 Å². The molecule has 0 spiro atoms. The average Bonchev–Trinajstić information content (AvgIpc) is 3.52. The highest BCUT2D eigenvalue weighted by Crippen LogP contribution is 2.38. The fourth-order valence-electron chi connectivity index (χ4n) is 4.14. The number of hydrogen-bond donors (Lipinski definition) is 3. The maximum atomic E-state index is 5.53. The summed E-state index contributed by atoms with van der Waals surface area (Å²) in [5, 5.41) is 11.4. The van der Waals surface area contributed by atoms with Gasteiger partial charge in [0.05, 0.1) is 6.04 Å². The minimum atomic E-state index is 0.219. The van der Waals surface area contributed by atoms with Crippen molar-refractivity contribution < 1.29 is 0 Å². The zero-order valence-corrected chi connectivity index (χ0v) is 16.7. The van der Waals surface area contributed by atoms with Gasteiger partial charge in [-0.25, -0.2) is 0 Å². The van der Waals surface area contributed by atoms with Gasteiger partial charge in [-0.15, -0.1) is 0 Å². The summed E-state index contributed by atoms with van der Waals surface area (Å²) in [5.74, 6) is 0. The molecule has 1 saturated carbocycles. The molecule has 1 unspecified atom stereocenters. The third-order valence-corrected chi connectivity index (χ3v) is 5.92. The zero-order chi connectivity index (χ0) is 18.9. The molecule has 0 amide bonds. The molecule has 0 heterocycles. The van der Waals surface area contributed by atoms with E-state index in [9.17, 15) is 0 Å². The number of nitrogens with one attached hydrogen (secondary N) is 3. The van der Waals surface area contributed by atoms with E-state index in [0.717, 1.165) is 24.5 Å². The van der Waals surface area contributed by atoms with E-state index in [0.29, 0.717) is 6.04 Å². The Labute approximate surface area is 171 Å². The highest BCUT2D eigenvalue weighted by atomic mass is 32.1. The normalized spacial score (nSPS) is 19.4. The molecule has 2 aromatic carbocycles. The van der Waals surface area contributed by atoms with Crippen LogP contribution in [-0.4, -0.2) is 17.2 Å². The Morgan fingerprint density at radius 1 is 1.04 bits per heavy atom. The van der Waals surface area contributed by atoms with Gasteiger partial charge in [0.25, 0.3) is 0 Å². The Morgan fingerprint density at radius 3 is 2.71 bits per heavy atom. The molecule has 3 aliphatic carbocycles. The highest BCUT2D eigenvalue weighted by Gasteiger charge is 2.27. The van der Waals surface area contributed by atoms with Crippen molar-refractivity contribution in [2.24, 2.45) is 0 Å². The lowest BCUT2D eigenvalue weighted by molar-refractivity contribution is 0.697. The van der Waals surface area contributed by atoms with Gasteiger partial charge in [0.15, 0.2) is 5.11 Å². The molecule has 3 N–H and O–H groups in total. The topological polar surface area (TPSA) is 36.1 Å². The Kier molecular flexibility index (Phi) is 4.65. The van der Waals surface area contributed by atoms with E-state index in [-0.39, 0.29) is 6.04 Å². The largest absolute Gasteiger partial charge is 0.381 e. The second-order valence-corrected chi connectivity index (χ2v) is 8.30. The van der Waals surface area contributed by atoms with Gasteiger partial charge < -0.3 is 16.0 Å². The quantitative estimate of drug-likeness (QED) is 0.667. The van der Waals surface area contributed by atoms with E-state index in [1.54, 1.807) is 0 Å². The lowest BCUT2D eigenvalue weighted by Gasteiger charge is -2.30. The molecule has 1 atom stereocenters. The minimum Gasteiger partial charge on any atom is -0.381 e. The van der Waals surface area contributed by atoms with Gasteiger partial charge in [-0.2, -0.15) is 0 Å². The number of rotatable bonds is 5. The van der Waals surface area contributed by atoms with Crippen LogP contribution in [0.4, 0.5) is 5.69 Å². The van der Waals surface area contributed by atoms with Crippen LogP contribution in [0.15, 0.2) is 60.7 Å². The van der Waals surface area contributed by atoms with Crippen molar-refractivity contribution >= 4 is 28.6 Å². The van der Waals surface area contributed by atoms with Crippen molar-refractivity contribution in [2.75, 3.05) is 5.32 Å². The molecule has 3 nitrogen and oxygen atoms in total. The van der Waals surface area contributed by atoms with E-state index in [1.165, 1.54) is 46.4 Å². The van der Waals surface area contributed by atoms with Crippen molar-refractivity contribution in [3.05, 3.63) is 82.9 Å². The van der Waals surface area contributed by atoms with E-state index in [2.05, 4.69) is 76.6 Å². The molecule has 2 aromatic rings. The van der Waals surface area contributed by atoms with Crippen molar-refractivity contribution in [3.8, 4) is 0 Å². The van der Waals surface area contributed by atoms with Gasteiger partial charge in [0, 0.05) is 18.3 Å². The Morgan fingerprint density at radius 2 is 1.89 bits per heavy atom. The summed E-state index contributed by atoms with van der Waals surface area (Å²) < 4.78 is 0. The smallest absolute Gasteiger partial charge is 0.166 e. The van der Waals surface area contributed by atoms with Crippen LogP contribution in [0.25, 0.3) is 5.57 Å². The summed E-state index contributed by atoms with van der Waals surface area (Å²) in [4.78, 5) is 0. The van der Waals surface area contributed by atoms with Gasteiger partial charge in [0.1, 0.15) is 0 Å². The van der Waals surface area contributed by atoms with Crippen molar-refractivity contribution in [3.63, 3.8) is 0 Å².